The van der Waals surface area contributed by atoms with E-state index in [0.29, 0.717) is 0 Å². The molecule has 0 aliphatic heterocycles. The van der Waals surface area contributed by atoms with Crippen molar-refractivity contribution in [2.24, 2.45) is 7.05 Å². The van der Waals surface area contributed by atoms with Crippen molar-refractivity contribution < 1.29 is 9.47 Å². The molecule has 0 saturated heterocycles. The van der Waals surface area contributed by atoms with Crippen molar-refractivity contribution in [2.45, 2.75) is 19.9 Å². The van der Waals surface area contributed by atoms with Crippen LogP contribution in [0.5, 0.6) is 11.5 Å². The Hall–Kier alpha value is -2.01. The minimum Gasteiger partial charge on any atom is -0.497 e. The third kappa shape index (κ3) is 3.03. The molecule has 1 atom stereocenters. The Bertz CT molecular complexity index is 608. The maximum atomic E-state index is 5.54. The number of hydrogen-bond acceptors (Lipinski definition) is 4. The van der Waals surface area contributed by atoms with Crippen LogP contribution in [-0.4, -0.2) is 30.5 Å². The zero-order valence-electron chi connectivity index (χ0n) is 13.3. The van der Waals surface area contributed by atoms with Crippen LogP contribution in [0.1, 0.15) is 29.8 Å². The van der Waals surface area contributed by atoms with Crippen LogP contribution in [0.25, 0.3) is 0 Å². The van der Waals surface area contributed by atoms with Crippen LogP contribution in [0.3, 0.4) is 0 Å². The third-order valence-corrected chi connectivity index (χ3v) is 3.74. The van der Waals surface area contributed by atoms with E-state index in [-0.39, 0.29) is 6.04 Å². The number of ether oxygens (including phenoxy) is 2. The van der Waals surface area contributed by atoms with E-state index in [2.05, 4.69) is 24.3 Å². The average molecular weight is 289 g/mol. The van der Waals surface area contributed by atoms with Gasteiger partial charge < -0.3 is 14.8 Å². The van der Waals surface area contributed by atoms with E-state index in [1.165, 1.54) is 0 Å². The SMILES string of the molecule is CCNC(c1ccc(OC)cc1OC)c1cnn(C)c1C. The number of hydrogen-bond donors (Lipinski definition) is 1. The lowest BCUT2D eigenvalue weighted by Crippen LogP contribution is -2.23. The molecule has 0 saturated carbocycles. The fraction of sp³-hybridized carbons (Fsp3) is 0.438. The monoisotopic (exact) mass is 289 g/mol. The Morgan fingerprint density at radius 2 is 2.00 bits per heavy atom. The smallest absolute Gasteiger partial charge is 0.127 e. The minimum absolute atomic E-state index is 0.0459. The van der Waals surface area contributed by atoms with Gasteiger partial charge in [-0.3, -0.25) is 4.68 Å². The summed E-state index contributed by atoms with van der Waals surface area (Å²) in [4.78, 5) is 0. The molecule has 0 spiro atoms. The van der Waals surface area contributed by atoms with Gasteiger partial charge in [0.2, 0.25) is 0 Å². The molecule has 1 unspecified atom stereocenters. The molecule has 1 aromatic carbocycles. The molecule has 21 heavy (non-hydrogen) atoms. The van der Waals surface area contributed by atoms with Crippen molar-refractivity contribution in [3.8, 4) is 11.5 Å². The highest BCUT2D eigenvalue weighted by Gasteiger charge is 2.21. The molecule has 0 aliphatic rings. The largest absolute Gasteiger partial charge is 0.497 e. The van der Waals surface area contributed by atoms with Crippen LogP contribution in [0.4, 0.5) is 0 Å². The lowest BCUT2D eigenvalue weighted by Gasteiger charge is -2.21. The number of nitrogens with zero attached hydrogens (tertiary/aromatic N) is 2. The Balaban J connectivity index is 2.50. The van der Waals surface area contributed by atoms with Gasteiger partial charge in [0.05, 0.1) is 26.5 Å². The van der Waals surface area contributed by atoms with Gasteiger partial charge in [0.25, 0.3) is 0 Å². The van der Waals surface area contributed by atoms with Crippen LogP contribution < -0.4 is 14.8 Å². The predicted molar refractivity (Wildman–Crippen MR) is 83.0 cm³/mol. The molecule has 0 amide bonds. The Morgan fingerprint density at radius 3 is 2.52 bits per heavy atom. The predicted octanol–water partition coefficient (Wildman–Crippen LogP) is 2.44. The molecule has 1 heterocycles. The Morgan fingerprint density at radius 1 is 1.24 bits per heavy atom. The fourth-order valence-corrected chi connectivity index (χ4v) is 2.45. The summed E-state index contributed by atoms with van der Waals surface area (Å²) < 4.78 is 12.7. The first-order chi connectivity index (χ1) is 10.1. The highest BCUT2D eigenvalue weighted by atomic mass is 16.5. The van der Waals surface area contributed by atoms with Gasteiger partial charge in [0, 0.05) is 29.9 Å². The number of methoxy groups -OCH3 is 2. The molecule has 2 rings (SSSR count). The molecular weight excluding hydrogens is 266 g/mol. The van der Waals surface area contributed by atoms with Crippen LogP contribution in [0.15, 0.2) is 24.4 Å². The van der Waals surface area contributed by atoms with E-state index < -0.39 is 0 Å². The van der Waals surface area contributed by atoms with Crippen LogP contribution in [0.2, 0.25) is 0 Å². The molecule has 1 aromatic heterocycles. The van der Waals surface area contributed by atoms with Crippen molar-refractivity contribution in [2.75, 3.05) is 20.8 Å². The van der Waals surface area contributed by atoms with Gasteiger partial charge in [0.1, 0.15) is 11.5 Å². The Kier molecular flexibility index (Phi) is 4.85. The lowest BCUT2D eigenvalue weighted by molar-refractivity contribution is 0.387. The number of aromatic nitrogens is 2. The molecule has 2 aromatic rings. The number of nitrogens with one attached hydrogen (secondary N) is 1. The second-order valence-electron chi connectivity index (χ2n) is 4.91. The number of aryl methyl sites for hydroxylation is 1. The maximum Gasteiger partial charge on any atom is 0.127 e. The van der Waals surface area contributed by atoms with Crippen molar-refractivity contribution in [1.29, 1.82) is 0 Å². The average Bonchev–Trinajstić information content (AvgIpc) is 2.84. The minimum atomic E-state index is 0.0459. The van der Waals surface area contributed by atoms with Gasteiger partial charge in [-0.25, -0.2) is 0 Å². The second kappa shape index (κ2) is 6.63. The lowest BCUT2D eigenvalue weighted by atomic mass is 9.98. The van der Waals surface area contributed by atoms with Crippen LogP contribution in [-0.2, 0) is 7.05 Å². The van der Waals surface area contributed by atoms with E-state index in [9.17, 15) is 0 Å². The Labute approximate surface area is 125 Å². The third-order valence-electron chi connectivity index (χ3n) is 3.74. The first-order valence-corrected chi connectivity index (χ1v) is 7.06. The molecule has 5 nitrogen and oxygen atoms in total. The van der Waals surface area contributed by atoms with Crippen molar-refractivity contribution >= 4 is 0 Å². The van der Waals surface area contributed by atoms with Gasteiger partial charge in [-0.2, -0.15) is 5.10 Å². The molecular formula is C16H23N3O2. The van der Waals surface area contributed by atoms with E-state index in [1.807, 2.05) is 36.1 Å². The van der Waals surface area contributed by atoms with Gasteiger partial charge in [0.15, 0.2) is 0 Å². The summed E-state index contributed by atoms with van der Waals surface area (Å²) in [7, 11) is 5.28. The fourth-order valence-electron chi connectivity index (χ4n) is 2.45. The normalized spacial score (nSPS) is 12.2. The first-order valence-electron chi connectivity index (χ1n) is 7.06. The summed E-state index contributed by atoms with van der Waals surface area (Å²) in [5.41, 5.74) is 3.37. The maximum absolute atomic E-state index is 5.54. The molecule has 0 aliphatic carbocycles. The molecule has 114 valence electrons. The van der Waals surface area contributed by atoms with Gasteiger partial charge in [-0.15, -0.1) is 0 Å². The molecule has 0 fully saturated rings. The summed E-state index contributed by atoms with van der Waals surface area (Å²) in [6, 6.07) is 5.95. The summed E-state index contributed by atoms with van der Waals surface area (Å²) in [6.45, 7) is 5.02. The van der Waals surface area contributed by atoms with E-state index >= 15 is 0 Å². The zero-order chi connectivity index (χ0) is 15.4. The second-order valence-corrected chi connectivity index (χ2v) is 4.91. The standard InChI is InChI=1S/C16H23N3O2/c1-6-17-16(14-10-18-19(3)11(14)2)13-8-7-12(20-4)9-15(13)21-5/h7-10,16-17H,6H2,1-5H3. The van der Waals surface area contributed by atoms with E-state index in [1.54, 1.807) is 14.2 Å². The quantitative estimate of drug-likeness (QED) is 0.887. The molecule has 1 N–H and O–H groups in total. The van der Waals surface area contributed by atoms with Gasteiger partial charge in [-0.05, 0) is 25.6 Å². The van der Waals surface area contributed by atoms with E-state index in [0.717, 1.165) is 34.9 Å². The zero-order valence-corrected chi connectivity index (χ0v) is 13.3. The van der Waals surface area contributed by atoms with Crippen molar-refractivity contribution in [3.05, 3.63) is 41.2 Å². The topological polar surface area (TPSA) is 48.3 Å². The summed E-state index contributed by atoms with van der Waals surface area (Å²) >= 11 is 0. The molecule has 5 heteroatoms. The van der Waals surface area contributed by atoms with Crippen molar-refractivity contribution in [3.63, 3.8) is 0 Å². The highest BCUT2D eigenvalue weighted by Crippen LogP contribution is 2.34. The summed E-state index contributed by atoms with van der Waals surface area (Å²) in [5.74, 6) is 1.59. The van der Waals surface area contributed by atoms with Crippen molar-refractivity contribution in [1.82, 2.24) is 15.1 Å². The van der Waals surface area contributed by atoms with Gasteiger partial charge in [-0.1, -0.05) is 6.92 Å². The van der Waals surface area contributed by atoms with Gasteiger partial charge >= 0.3 is 0 Å². The van der Waals surface area contributed by atoms with Crippen LogP contribution >= 0.6 is 0 Å². The first kappa shape index (κ1) is 15.4. The molecule has 0 radical (unpaired) electrons. The molecule has 0 bridgehead atoms. The van der Waals surface area contributed by atoms with Crippen LogP contribution in [0, 0.1) is 6.92 Å². The number of rotatable bonds is 6. The summed E-state index contributed by atoms with van der Waals surface area (Å²) in [6.07, 6.45) is 1.91. The number of benzene rings is 1. The summed E-state index contributed by atoms with van der Waals surface area (Å²) in [5, 5.41) is 7.85. The van der Waals surface area contributed by atoms with E-state index in [4.69, 9.17) is 9.47 Å². The highest BCUT2D eigenvalue weighted by molar-refractivity contribution is 5.46.